The monoisotopic (exact) mass is 628 g/mol. The summed E-state index contributed by atoms with van der Waals surface area (Å²) in [7, 11) is 0. The van der Waals surface area contributed by atoms with Crippen LogP contribution in [-0.4, -0.2) is 62.5 Å². The summed E-state index contributed by atoms with van der Waals surface area (Å²) in [6.07, 6.45) is 8.59. The average molecular weight is 629 g/mol. The third-order valence-corrected chi connectivity index (χ3v) is 8.26. The van der Waals surface area contributed by atoms with Crippen LogP contribution in [0.3, 0.4) is 0 Å². The second-order valence-corrected chi connectivity index (χ2v) is 11.6. The minimum absolute atomic E-state index is 0.0318. The number of carbonyl (C=O) groups excluding carboxylic acids is 1. The van der Waals surface area contributed by atoms with Crippen LogP contribution in [0.15, 0.2) is 67.3 Å². The highest BCUT2D eigenvalue weighted by Gasteiger charge is 2.46. The van der Waals surface area contributed by atoms with Gasteiger partial charge in [-0.25, -0.2) is 22.8 Å². The fourth-order valence-corrected chi connectivity index (χ4v) is 5.96. The quantitative estimate of drug-likeness (QED) is 0.208. The molecule has 0 bridgehead atoms. The Hall–Kier alpha value is -3.96. The summed E-state index contributed by atoms with van der Waals surface area (Å²) in [5.74, 6) is -2.83. The Labute approximate surface area is 257 Å². The average Bonchev–Trinajstić information content (AvgIpc) is 3.52. The van der Waals surface area contributed by atoms with Gasteiger partial charge in [-0.3, -0.25) is 4.79 Å². The number of hydrogen-bond donors (Lipinski definition) is 1. The SMILES string of the molecule is C[C@@H](S[C@H]1CO[C@H](C=CC=Cc2ccc(C#N)cc2F)OC1)[C@@](Cn1cncn1)(OC(=O)CCCO)c1ccc(F)cc1F. The lowest BCUT2D eigenvalue weighted by Crippen LogP contribution is -2.47. The highest BCUT2D eigenvalue weighted by molar-refractivity contribution is 8.00. The van der Waals surface area contributed by atoms with Gasteiger partial charge < -0.3 is 19.3 Å². The lowest BCUT2D eigenvalue weighted by atomic mass is 9.89. The molecule has 2 heterocycles. The Morgan fingerprint density at radius 1 is 1.23 bits per heavy atom. The number of rotatable bonds is 13. The molecule has 44 heavy (non-hydrogen) atoms. The molecule has 0 radical (unpaired) electrons. The number of carbonyl (C=O) groups is 1. The van der Waals surface area contributed by atoms with Crippen LogP contribution in [0.1, 0.15) is 36.5 Å². The summed E-state index contributed by atoms with van der Waals surface area (Å²) in [5.41, 5.74) is -1.10. The van der Waals surface area contributed by atoms with Gasteiger partial charge in [-0.05, 0) is 43.7 Å². The van der Waals surface area contributed by atoms with Gasteiger partial charge in [0, 0.05) is 35.5 Å². The molecule has 2 aromatic carbocycles. The first-order chi connectivity index (χ1) is 21.2. The summed E-state index contributed by atoms with van der Waals surface area (Å²) >= 11 is 1.35. The summed E-state index contributed by atoms with van der Waals surface area (Å²) in [4.78, 5) is 16.9. The van der Waals surface area contributed by atoms with Gasteiger partial charge in [0.15, 0.2) is 11.9 Å². The number of halogens is 3. The predicted molar refractivity (Wildman–Crippen MR) is 156 cm³/mol. The fraction of sp³-hybridized carbons (Fsp3) is 0.355. The number of ether oxygens (including phenoxy) is 3. The predicted octanol–water partition coefficient (Wildman–Crippen LogP) is 4.91. The van der Waals surface area contributed by atoms with E-state index in [1.165, 1.54) is 47.3 Å². The number of esters is 1. The molecule has 0 saturated carbocycles. The normalized spacial score (nSPS) is 19.1. The molecule has 3 aromatic rings. The molecule has 0 spiro atoms. The molecule has 1 saturated heterocycles. The van der Waals surface area contributed by atoms with E-state index in [1.54, 1.807) is 31.2 Å². The van der Waals surface area contributed by atoms with Gasteiger partial charge in [0.2, 0.25) is 0 Å². The van der Waals surface area contributed by atoms with Crippen molar-refractivity contribution in [1.82, 2.24) is 14.8 Å². The molecule has 2 atom stereocenters. The Morgan fingerprint density at radius 3 is 2.68 bits per heavy atom. The van der Waals surface area contributed by atoms with Crippen LogP contribution < -0.4 is 0 Å². The fourth-order valence-electron chi connectivity index (χ4n) is 4.60. The molecule has 0 unspecified atom stereocenters. The van der Waals surface area contributed by atoms with Gasteiger partial charge >= 0.3 is 5.97 Å². The zero-order valence-electron chi connectivity index (χ0n) is 23.8. The van der Waals surface area contributed by atoms with E-state index in [2.05, 4.69) is 10.1 Å². The summed E-state index contributed by atoms with van der Waals surface area (Å²) in [6.45, 7) is 1.93. The van der Waals surface area contributed by atoms with Gasteiger partial charge in [-0.2, -0.15) is 10.4 Å². The molecule has 4 rings (SSSR count). The largest absolute Gasteiger partial charge is 0.451 e. The topological polar surface area (TPSA) is 119 Å². The number of nitrogens with zero attached hydrogens (tertiary/aromatic N) is 4. The molecule has 1 aliphatic rings. The maximum Gasteiger partial charge on any atom is 0.306 e. The third-order valence-electron chi connectivity index (χ3n) is 6.82. The van der Waals surface area contributed by atoms with Crippen molar-refractivity contribution in [3.63, 3.8) is 0 Å². The van der Waals surface area contributed by atoms with Crippen LogP contribution in [0.5, 0.6) is 0 Å². The van der Waals surface area contributed by atoms with E-state index in [-0.39, 0.29) is 55.6 Å². The van der Waals surface area contributed by atoms with E-state index >= 15 is 4.39 Å². The Morgan fingerprint density at radius 2 is 2.02 bits per heavy atom. The Bertz CT molecular complexity index is 1510. The van der Waals surface area contributed by atoms with E-state index in [9.17, 15) is 18.7 Å². The lowest BCUT2D eigenvalue weighted by Gasteiger charge is -2.40. The number of aliphatic hydroxyl groups is 1. The number of hydrogen-bond acceptors (Lipinski definition) is 9. The zero-order valence-corrected chi connectivity index (χ0v) is 24.6. The van der Waals surface area contributed by atoms with E-state index < -0.39 is 40.6 Å². The number of benzene rings is 2. The van der Waals surface area contributed by atoms with Gasteiger partial charge in [0.1, 0.15) is 30.1 Å². The second kappa shape index (κ2) is 15.7. The van der Waals surface area contributed by atoms with Crippen LogP contribution in [0, 0.1) is 28.8 Å². The maximum absolute atomic E-state index is 15.4. The van der Waals surface area contributed by atoms with Crippen molar-refractivity contribution >= 4 is 23.8 Å². The van der Waals surface area contributed by atoms with Gasteiger partial charge in [0.05, 0.1) is 36.6 Å². The van der Waals surface area contributed by atoms with E-state index in [1.807, 2.05) is 6.07 Å². The number of nitriles is 1. The van der Waals surface area contributed by atoms with E-state index in [4.69, 9.17) is 19.5 Å². The van der Waals surface area contributed by atoms with Crippen molar-refractivity contribution < 1.29 is 37.3 Å². The third kappa shape index (κ3) is 8.57. The van der Waals surface area contributed by atoms with Crippen LogP contribution in [0.4, 0.5) is 13.2 Å². The van der Waals surface area contributed by atoms with Gasteiger partial charge in [0.25, 0.3) is 0 Å². The maximum atomic E-state index is 15.4. The first-order valence-corrected chi connectivity index (χ1v) is 14.7. The van der Waals surface area contributed by atoms with E-state index in [0.29, 0.717) is 5.56 Å². The number of aromatic nitrogens is 3. The van der Waals surface area contributed by atoms with Crippen molar-refractivity contribution in [1.29, 1.82) is 5.26 Å². The van der Waals surface area contributed by atoms with Crippen molar-refractivity contribution in [2.45, 2.75) is 48.7 Å². The molecule has 13 heteroatoms. The molecule has 1 aliphatic heterocycles. The van der Waals surface area contributed by atoms with Crippen LogP contribution in [0.25, 0.3) is 6.08 Å². The Balaban J connectivity index is 1.47. The van der Waals surface area contributed by atoms with E-state index in [0.717, 1.165) is 18.2 Å². The van der Waals surface area contributed by atoms with Gasteiger partial charge in [-0.1, -0.05) is 24.3 Å². The summed E-state index contributed by atoms with van der Waals surface area (Å²) < 4.78 is 62.4. The number of allylic oxidation sites excluding steroid dienone is 2. The smallest absolute Gasteiger partial charge is 0.306 e. The first-order valence-electron chi connectivity index (χ1n) is 13.8. The first kappa shape index (κ1) is 32.9. The second-order valence-electron chi connectivity index (χ2n) is 9.94. The summed E-state index contributed by atoms with van der Waals surface area (Å²) in [6, 6.07) is 9.18. The number of aliphatic hydroxyl groups excluding tert-OH is 1. The van der Waals surface area contributed by atoms with Crippen LogP contribution in [-0.2, 0) is 31.2 Å². The molecule has 0 amide bonds. The molecule has 9 nitrogen and oxygen atoms in total. The van der Waals surface area contributed by atoms with Crippen LogP contribution >= 0.6 is 11.8 Å². The highest BCUT2D eigenvalue weighted by Crippen LogP contribution is 2.42. The van der Waals surface area contributed by atoms with Crippen molar-refractivity contribution in [2.75, 3.05) is 19.8 Å². The minimum Gasteiger partial charge on any atom is -0.451 e. The van der Waals surface area contributed by atoms with Crippen LogP contribution in [0.2, 0.25) is 0 Å². The standard InChI is InChI=1S/C31H31F3N4O5S/c1-21(44-25-16-41-30(42-17-25)7-3-2-5-23-9-8-22(15-35)13-27(23)33)31(18-38-20-36-19-37-38,43-29(40)6-4-12-39)26-11-10-24(32)14-28(26)34/h2-3,5,7-11,13-14,19-21,25,30,39H,4,6,12,16-18H2,1H3/t21-,25-,30-,31-/m1/s1. The van der Waals surface area contributed by atoms with Crippen molar-refractivity contribution in [3.05, 3.63) is 101 Å². The van der Waals surface area contributed by atoms with Crippen molar-refractivity contribution in [3.8, 4) is 6.07 Å². The lowest BCUT2D eigenvalue weighted by molar-refractivity contribution is -0.164. The minimum atomic E-state index is -1.63. The van der Waals surface area contributed by atoms with Gasteiger partial charge in [-0.15, -0.1) is 11.8 Å². The molecule has 1 fully saturated rings. The molecule has 0 aliphatic carbocycles. The molecule has 1 aromatic heterocycles. The Kier molecular flexibility index (Phi) is 11.7. The molecule has 232 valence electrons. The zero-order chi connectivity index (χ0) is 31.5. The highest BCUT2D eigenvalue weighted by atomic mass is 32.2. The molecular formula is C31H31F3N4O5S. The molecular weight excluding hydrogens is 597 g/mol. The molecule has 1 N–H and O–H groups in total. The van der Waals surface area contributed by atoms with Crippen molar-refractivity contribution in [2.24, 2.45) is 0 Å². The summed E-state index contributed by atoms with van der Waals surface area (Å²) in [5, 5.41) is 21.3. The number of thioether (sulfide) groups is 1.